The van der Waals surface area contributed by atoms with Gasteiger partial charge in [0.15, 0.2) is 0 Å². The van der Waals surface area contributed by atoms with Crippen LogP contribution < -0.4 is 15.8 Å². The van der Waals surface area contributed by atoms with E-state index in [2.05, 4.69) is 5.32 Å². The predicted molar refractivity (Wildman–Crippen MR) is 81.3 cm³/mol. The summed E-state index contributed by atoms with van der Waals surface area (Å²) in [7, 11) is 1.57. The van der Waals surface area contributed by atoms with Crippen LogP contribution in [0.5, 0.6) is 5.75 Å². The van der Waals surface area contributed by atoms with Gasteiger partial charge in [-0.3, -0.25) is 4.79 Å². The van der Waals surface area contributed by atoms with E-state index in [1.54, 1.807) is 19.2 Å². The quantitative estimate of drug-likeness (QED) is 0.842. The summed E-state index contributed by atoms with van der Waals surface area (Å²) in [5, 5.41) is 2.85. The second-order valence-corrected chi connectivity index (χ2v) is 4.79. The van der Waals surface area contributed by atoms with Gasteiger partial charge in [0.25, 0.3) is 5.91 Å². The summed E-state index contributed by atoms with van der Waals surface area (Å²) >= 11 is 0. The molecule has 1 amide bonds. The van der Waals surface area contributed by atoms with Crippen LogP contribution in [0.1, 0.15) is 21.5 Å². The summed E-state index contributed by atoms with van der Waals surface area (Å²) < 4.78 is 5.25. The minimum Gasteiger partial charge on any atom is -0.495 e. The predicted octanol–water partition coefficient (Wildman–Crippen LogP) is 3.15. The fourth-order valence-electron chi connectivity index (χ4n) is 2.06. The maximum Gasteiger partial charge on any atom is 0.255 e. The first-order chi connectivity index (χ1) is 9.49. The van der Waals surface area contributed by atoms with Crippen molar-refractivity contribution in [3.05, 3.63) is 53.1 Å². The van der Waals surface area contributed by atoms with Gasteiger partial charge in [-0.05, 0) is 55.3 Å². The highest BCUT2D eigenvalue weighted by Crippen LogP contribution is 2.26. The first-order valence-electron chi connectivity index (χ1n) is 6.33. The van der Waals surface area contributed by atoms with Gasteiger partial charge in [0.1, 0.15) is 5.75 Å². The van der Waals surface area contributed by atoms with Crippen molar-refractivity contribution in [2.45, 2.75) is 13.8 Å². The Hall–Kier alpha value is -2.49. The molecule has 4 nitrogen and oxygen atoms in total. The van der Waals surface area contributed by atoms with Crippen LogP contribution in [0.15, 0.2) is 36.4 Å². The van der Waals surface area contributed by atoms with Gasteiger partial charge in [-0.25, -0.2) is 0 Å². The van der Waals surface area contributed by atoms with E-state index < -0.39 is 0 Å². The summed E-state index contributed by atoms with van der Waals surface area (Å²) in [6, 6.07) is 10.9. The second kappa shape index (κ2) is 5.65. The third kappa shape index (κ3) is 3.09. The van der Waals surface area contributed by atoms with Crippen molar-refractivity contribution in [1.29, 1.82) is 0 Å². The van der Waals surface area contributed by atoms with Crippen LogP contribution >= 0.6 is 0 Å². The van der Waals surface area contributed by atoms with Crippen molar-refractivity contribution in [3.63, 3.8) is 0 Å². The molecule has 4 heteroatoms. The van der Waals surface area contributed by atoms with Crippen LogP contribution in [-0.2, 0) is 0 Å². The monoisotopic (exact) mass is 270 g/mol. The number of rotatable bonds is 3. The van der Waals surface area contributed by atoms with Gasteiger partial charge in [-0.2, -0.15) is 0 Å². The third-order valence-electron chi connectivity index (χ3n) is 2.97. The third-order valence-corrected chi connectivity index (χ3v) is 2.97. The van der Waals surface area contributed by atoms with E-state index in [1.165, 1.54) is 0 Å². The maximum absolute atomic E-state index is 12.3. The Morgan fingerprint density at radius 3 is 2.50 bits per heavy atom. The molecule has 2 rings (SSSR count). The van der Waals surface area contributed by atoms with E-state index in [1.807, 2.05) is 38.1 Å². The fraction of sp³-hybridized carbons (Fsp3) is 0.188. The van der Waals surface area contributed by atoms with E-state index >= 15 is 0 Å². The lowest BCUT2D eigenvalue weighted by molar-refractivity contribution is 0.102. The second-order valence-electron chi connectivity index (χ2n) is 4.79. The number of carbonyl (C=O) groups is 1. The lowest BCUT2D eigenvalue weighted by Crippen LogP contribution is -2.13. The molecule has 0 saturated heterocycles. The Bertz CT molecular complexity index is 631. The number of hydrogen-bond donors (Lipinski definition) is 2. The summed E-state index contributed by atoms with van der Waals surface area (Å²) in [5.74, 6) is 0.425. The van der Waals surface area contributed by atoms with Gasteiger partial charge >= 0.3 is 0 Å². The topological polar surface area (TPSA) is 64.3 Å². The number of benzene rings is 2. The number of hydrogen-bond acceptors (Lipinski definition) is 3. The van der Waals surface area contributed by atoms with Crippen molar-refractivity contribution in [3.8, 4) is 5.75 Å². The fourth-order valence-corrected chi connectivity index (χ4v) is 2.06. The number of nitrogen functional groups attached to an aromatic ring is 1. The smallest absolute Gasteiger partial charge is 0.255 e. The van der Waals surface area contributed by atoms with Gasteiger partial charge < -0.3 is 15.8 Å². The number of nitrogens with one attached hydrogen (secondary N) is 1. The van der Waals surface area contributed by atoms with E-state index in [0.717, 1.165) is 11.1 Å². The number of amides is 1. The van der Waals surface area contributed by atoms with E-state index in [-0.39, 0.29) is 5.91 Å². The molecule has 104 valence electrons. The van der Waals surface area contributed by atoms with Crippen molar-refractivity contribution >= 4 is 17.3 Å². The van der Waals surface area contributed by atoms with Gasteiger partial charge in [-0.1, -0.05) is 6.07 Å². The Morgan fingerprint density at radius 2 is 1.85 bits per heavy atom. The molecule has 0 fully saturated rings. The largest absolute Gasteiger partial charge is 0.495 e. The molecule has 0 heterocycles. The Kier molecular flexibility index (Phi) is 3.94. The number of methoxy groups -OCH3 is 1. The van der Waals surface area contributed by atoms with Gasteiger partial charge in [0, 0.05) is 11.3 Å². The molecule has 20 heavy (non-hydrogen) atoms. The van der Waals surface area contributed by atoms with Crippen molar-refractivity contribution < 1.29 is 9.53 Å². The Labute approximate surface area is 118 Å². The summed E-state index contributed by atoms with van der Waals surface area (Å²) in [6.45, 7) is 3.86. The number of carbonyl (C=O) groups excluding carboxylic acids is 1. The summed E-state index contributed by atoms with van der Waals surface area (Å²) in [6.07, 6.45) is 0. The van der Waals surface area contributed by atoms with Crippen LogP contribution in [-0.4, -0.2) is 13.0 Å². The lowest BCUT2D eigenvalue weighted by atomic mass is 10.1. The number of anilines is 2. The lowest BCUT2D eigenvalue weighted by Gasteiger charge is -2.11. The Balaban J connectivity index is 2.29. The molecular weight excluding hydrogens is 252 g/mol. The molecule has 0 aliphatic rings. The molecule has 0 unspecified atom stereocenters. The zero-order valence-electron chi connectivity index (χ0n) is 11.9. The SMILES string of the molecule is COc1ccc(C)cc1NC(=O)c1cc(C)cc(N)c1. The molecule has 0 atom stereocenters. The molecule has 0 radical (unpaired) electrons. The highest BCUT2D eigenvalue weighted by atomic mass is 16.5. The van der Waals surface area contributed by atoms with Crippen molar-refractivity contribution in [2.75, 3.05) is 18.2 Å². The highest BCUT2D eigenvalue weighted by molar-refractivity contribution is 6.05. The zero-order chi connectivity index (χ0) is 14.7. The van der Waals surface area contributed by atoms with Crippen molar-refractivity contribution in [1.82, 2.24) is 0 Å². The summed E-state index contributed by atoms with van der Waals surface area (Å²) in [5.41, 5.74) is 9.52. The van der Waals surface area contributed by atoms with Crippen LogP contribution in [0.2, 0.25) is 0 Å². The van der Waals surface area contributed by atoms with Gasteiger partial charge in [0.05, 0.1) is 12.8 Å². The first-order valence-corrected chi connectivity index (χ1v) is 6.33. The summed E-state index contributed by atoms with van der Waals surface area (Å²) in [4.78, 5) is 12.3. The van der Waals surface area contributed by atoms with Gasteiger partial charge in [0.2, 0.25) is 0 Å². The minimum absolute atomic E-state index is 0.204. The molecule has 2 aromatic carbocycles. The molecule has 2 aromatic rings. The normalized spacial score (nSPS) is 10.2. The maximum atomic E-state index is 12.3. The van der Waals surface area contributed by atoms with Crippen LogP contribution in [0.25, 0.3) is 0 Å². The highest BCUT2D eigenvalue weighted by Gasteiger charge is 2.11. The molecule has 0 saturated carbocycles. The average Bonchev–Trinajstić information content (AvgIpc) is 2.37. The zero-order valence-corrected chi connectivity index (χ0v) is 11.9. The molecular formula is C16H18N2O2. The number of aryl methyl sites for hydroxylation is 2. The van der Waals surface area contributed by atoms with Crippen LogP contribution in [0.4, 0.5) is 11.4 Å². The average molecular weight is 270 g/mol. The standard InChI is InChI=1S/C16H18N2O2/c1-10-4-5-15(20-3)14(8-10)18-16(19)12-6-11(2)7-13(17)9-12/h4-9H,17H2,1-3H3,(H,18,19). The molecule has 0 bridgehead atoms. The van der Waals surface area contributed by atoms with Gasteiger partial charge in [-0.15, -0.1) is 0 Å². The Morgan fingerprint density at radius 1 is 1.10 bits per heavy atom. The number of ether oxygens (including phenoxy) is 1. The molecule has 0 aliphatic carbocycles. The minimum atomic E-state index is -0.204. The van der Waals surface area contributed by atoms with E-state index in [4.69, 9.17) is 10.5 Å². The van der Waals surface area contributed by atoms with E-state index in [0.29, 0.717) is 22.7 Å². The van der Waals surface area contributed by atoms with Crippen LogP contribution in [0.3, 0.4) is 0 Å². The molecule has 3 N–H and O–H groups in total. The van der Waals surface area contributed by atoms with E-state index in [9.17, 15) is 4.79 Å². The first kappa shape index (κ1) is 13.9. The molecule has 0 aliphatic heterocycles. The number of nitrogens with two attached hydrogens (primary N) is 1. The molecule has 0 aromatic heterocycles. The molecule has 0 spiro atoms. The van der Waals surface area contributed by atoms with Crippen LogP contribution in [0, 0.1) is 13.8 Å². The van der Waals surface area contributed by atoms with Crippen molar-refractivity contribution in [2.24, 2.45) is 0 Å².